The van der Waals surface area contributed by atoms with Crippen LogP contribution in [0.4, 0.5) is 0 Å². The second kappa shape index (κ2) is 5.75. The average molecular weight is 242 g/mol. The lowest BCUT2D eigenvalue weighted by Gasteiger charge is -2.08. The maximum Gasteiger partial charge on any atom is 0.255 e. The van der Waals surface area contributed by atoms with Crippen LogP contribution in [0.1, 0.15) is 30.6 Å². The summed E-state index contributed by atoms with van der Waals surface area (Å²) in [4.78, 5) is 11.6. The first-order valence-corrected chi connectivity index (χ1v) is 5.65. The Labute approximate surface area is 100 Å². The minimum atomic E-state index is -0.269. The van der Waals surface area contributed by atoms with Gasteiger partial charge in [-0.2, -0.15) is 0 Å². The predicted molar refractivity (Wildman–Crippen MR) is 64.9 cm³/mol. The molecule has 0 unspecified atom stereocenters. The first kappa shape index (κ1) is 12.8. The number of halogens is 1. The Morgan fingerprint density at radius 1 is 1.50 bits per heavy atom. The van der Waals surface area contributed by atoms with Gasteiger partial charge in [0.2, 0.25) is 0 Å². The highest BCUT2D eigenvalue weighted by Crippen LogP contribution is 2.21. The molecule has 1 rings (SSSR count). The molecule has 0 aromatic heterocycles. The maximum absolute atomic E-state index is 11.6. The lowest BCUT2D eigenvalue weighted by Crippen LogP contribution is -2.25. The molecule has 0 heterocycles. The number of phenols is 1. The quantitative estimate of drug-likeness (QED) is 0.852. The van der Waals surface area contributed by atoms with Crippen LogP contribution in [-0.2, 0) is 0 Å². The first-order valence-electron chi connectivity index (χ1n) is 5.27. The third-order valence-electron chi connectivity index (χ3n) is 2.21. The molecule has 16 heavy (non-hydrogen) atoms. The molecule has 0 fully saturated rings. The van der Waals surface area contributed by atoms with Crippen LogP contribution in [0.5, 0.6) is 5.75 Å². The monoisotopic (exact) mass is 241 g/mol. The fourth-order valence-corrected chi connectivity index (χ4v) is 1.43. The summed E-state index contributed by atoms with van der Waals surface area (Å²) in [6.07, 6.45) is 0.917. The van der Waals surface area contributed by atoms with E-state index in [2.05, 4.69) is 19.2 Å². The number of nitrogens with one attached hydrogen (secondary N) is 1. The standard InChI is InChI=1S/C12H16ClNO2/c1-8(2)5-6-14-12(16)10-4-3-9(13)7-11(10)15/h3-4,7-8,15H,5-6H2,1-2H3,(H,14,16). The molecule has 0 saturated carbocycles. The van der Waals surface area contributed by atoms with Crippen LogP contribution in [0.2, 0.25) is 5.02 Å². The van der Waals surface area contributed by atoms with E-state index in [-0.39, 0.29) is 17.2 Å². The Bertz CT molecular complexity index is 377. The van der Waals surface area contributed by atoms with E-state index in [1.165, 1.54) is 12.1 Å². The molecule has 1 aromatic rings. The molecule has 4 heteroatoms. The molecule has 2 N–H and O–H groups in total. The highest BCUT2D eigenvalue weighted by atomic mass is 35.5. The van der Waals surface area contributed by atoms with Crippen molar-refractivity contribution in [3.8, 4) is 5.75 Å². The zero-order valence-electron chi connectivity index (χ0n) is 9.46. The Balaban J connectivity index is 2.59. The highest BCUT2D eigenvalue weighted by Gasteiger charge is 2.10. The number of phenolic OH excluding ortho intramolecular Hbond substituents is 1. The summed E-state index contributed by atoms with van der Waals surface area (Å²) in [7, 11) is 0. The van der Waals surface area contributed by atoms with E-state index in [1.54, 1.807) is 6.07 Å². The molecular weight excluding hydrogens is 226 g/mol. The summed E-state index contributed by atoms with van der Waals surface area (Å²) in [6, 6.07) is 4.46. The molecule has 0 aliphatic carbocycles. The van der Waals surface area contributed by atoms with E-state index < -0.39 is 0 Å². The van der Waals surface area contributed by atoms with Gasteiger partial charge in [0.05, 0.1) is 5.56 Å². The van der Waals surface area contributed by atoms with Crippen molar-refractivity contribution in [1.82, 2.24) is 5.32 Å². The fourth-order valence-electron chi connectivity index (χ4n) is 1.27. The summed E-state index contributed by atoms with van der Waals surface area (Å²) in [5, 5.41) is 12.7. The van der Waals surface area contributed by atoms with Gasteiger partial charge in [-0.3, -0.25) is 4.79 Å². The van der Waals surface area contributed by atoms with Crippen LogP contribution in [0.15, 0.2) is 18.2 Å². The Kier molecular flexibility index (Phi) is 4.62. The summed E-state index contributed by atoms with van der Waals surface area (Å²) >= 11 is 5.68. The van der Waals surface area contributed by atoms with Crippen molar-refractivity contribution in [2.24, 2.45) is 5.92 Å². The number of rotatable bonds is 4. The smallest absolute Gasteiger partial charge is 0.255 e. The summed E-state index contributed by atoms with van der Waals surface area (Å²) < 4.78 is 0. The van der Waals surface area contributed by atoms with Crippen molar-refractivity contribution in [1.29, 1.82) is 0 Å². The van der Waals surface area contributed by atoms with Gasteiger partial charge in [0, 0.05) is 11.6 Å². The molecule has 0 saturated heterocycles. The molecule has 0 aliphatic heterocycles. The van der Waals surface area contributed by atoms with Crippen molar-refractivity contribution < 1.29 is 9.90 Å². The topological polar surface area (TPSA) is 49.3 Å². The third-order valence-corrected chi connectivity index (χ3v) is 2.45. The van der Waals surface area contributed by atoms with E-state index in [4.69, 9.17) is 11.6 Å². The van der Waals surface area contributed by atoms with Gasteiger partial charge in [0.25, 0.3) is 5.91 Å². The van der Waals surface area contributed by atoms with E-state index in [1.807, 2.05) is 0 Å². The van der Waals surface area contributed by atoms with Crippen LogP contribution < -0.4 is 5.32 Å². The average Bonchev–Trinajstić information content (AvgIpc) is 2.16. The highest BCUT2D eigenvalue weighted by molar-refractivity contribution is 6.30. The van der Waals surface area contributed by atoms with Gasteiger partial charge in [0.15, 0.2) is 0 Å². The van der Waals surface area contributed by atoms with Crippen molar-refractivity contribution in [2.45, 2.75) is 20.3 Å². The molecule has 3 nitrogen and oxygen atoms in total. The molecule has 88 valence electrons. The van der Waals surface area contributed by atoms with Gasteiger partial charge in [-0.05, 0) is 30.5 Å². The maximum atomic E-state index is 11.6. The van der Waals surface area contributed by atoms with Crippen molar-refractivity contribution >= 4 is 17.5 Å². The molecule has 0 atom stereocenters. The van der Waals surface area contributed by atoms with Crippen molar-refractivity contribution in [2.75, 3.05) is 6.54 Å². The number of amides is 1. The van der Waals surface area contributed by atoms with E-state index in [0.29, 0.717) is 17.5 Å². The lowest BCUT2D eigenvalue weighted by atomic mass is 10.1. The SMILES string of the molecule is CC(C)CCNC(=O)c1ccc(Cl)cc1O. The minimum Gasteiger partial charge on any atom is -0.507 e. The number of carbonyl (C=O) groups is 1. The number of aromatic hydroxyl groups is 1. The van der Waals surface area contributed by atoms with Crippen LogP contribution >= 0.6 is 11.6 Å². The normalized spacial score (nSPS) is 10.5. The van der Waals surface area contributed by atoms with Gasteiger partial charge >= 0.3 is 0 Å². The minimum absolute atomic E-state index is 0.0884. The summed E-state index contributed by atoms with van der Waals surface area (Å²) in [5.41, 5.74) is 0.258. The third kappa shape index (κ3) is 3.74. The van der Waals surface area contributed by atoms with Crippen LogP contribution in [0.25, 0.3) is 0 Å². The van der Waals surface area contributed by atoms with Crippen LogP contribution in [-0.4, -0.2) is 17.6 Å². The van der Waals surface area contributed by atoms with Crippen LogP contribution in [0, 0.1) is 5.92 Å². The Morgan fingerprint density at radius 3 is 2.75 bits per heavy atom. The van der Waals surface area contributed by atoms with Crippen molar-refractivity contribution in [3.05, 3.63) is 28.8 Å². The lowest BCUT2D eigenvalue weighted by molar-refractivity contribution is 0.0949. The molecular formula is C12H16ClNO2. The fraction of sp³-hybridized carbons (Fsp3) is 0.417. The number of carbonyl (C=O) groups excluding carboxylic acids is 1. The number of hydrogen-bond donors (Lipinski definition) is 2. The van der Waals surface area contributed by atoms with Crippen molar-refractivity contribution in [3.63, 3.8) is 0 Å². The molecule has 0 aliphatic rings. The van der Waals surface area contributed by atoms with Gasteiger partial charge < -0.3 is 10.4 Å². The first-order chi connectivity index (χ1) is 7.50. The Morgan fingerprint density at radius 2 is 2.19 bits per heavy atom. The van der Waals surface area contributed by atoms with Gasteiger partial charge in [0.1, 0.15) is 5.75 Å². The molecule has 1 amide bonds. The molecule has 0 spiro atoms. The van der Waals surface area contributed by atoms with Gasteiger partial charge in [-0.25, -0.2) is 0 Å². The molecule has 1 aromatic carbocycles. The van der Waals surface area contributed by atoms with E-state index >= 15 is 0 Å². The molecule has 0 radical (unpaired) electrons. The van der Waals surface area contributed by atoms with Gasteiger partial charge in [-0.1, -0.05) is 25.4 Å². The van der Waals surface area contributed by atoms with Gasteiger partial charge in [-0.15, -0.1) is 0 Å². The largest absolute Gasteiger partial charge is 0.507 e. The predicted octanol–water partition coefficient (Wildman–Crippen LogP) is 2.82. The second-order valence-electron chi connectivity index (χ2n) is 4.10. The summed E-state index contributed by atoms with van der Waals surface area (Å²) in [5.74, 6) is 0.184. The Hall–Kier alpha value is -1.22. The second-order valence-corrected chi connectivity index (χ2v) is 4.54. The summed E-state index contributed by atoms with van der Waals surface area (Å²) in [6.45, 7) is 4.79. The number of benzene rings is 1. The van der Waals surface area contributed by atoms with E-state index in [0.717, 1.165) is 6.42 Å². The number of hydrogen-bond acceptors (Lipinski definition) is 2. The van der Waals surface area contributed by atoms with E-state index in [9.17, 15) is 9.90 Å². The zero-order valence-corrected chi connectivity index (χ0v) is 10.2. The zero-order chi connectivity index (χ0) is 12.1. The van der Waals surface area contributed by atoms with Crippen LogP contribution in [0.3, 0.4) is 0 Å². The molecule has 0 bridgehead atoms.